The third kappa shape index (κ3) is 4.15. The molecule has 0 bridgehead atoms. The zero-order chi connectivity index (χ0) is 24.4. The van der Waals surface area contributed by atoms with E-state index in [0.29, 0.717) is 16.8 Å². The zero-order valence-electron chi connectivity index (χ0n) is 18.6. The highest BCUT2D eigenvalue weighted by atomic mass is 32.1. The first-order valence-electron chi connectivity index (χ1n) is 10.5. The number of ketones is 1. The van der Waals surface area contributed by atoms with Gasteiger partial charge in [0.05, 0.1) is 17.3 Å². The molecule has 0 saturated carbocycles. The highest BCUT2D eigenvalue weighted by Crippen LogP contribution is 2.43. The summed E-state index contributed by atoms with van der Waals surface area (Å²) in [5, 5.41) is 11.3. The number of thiazole rings is 1. The molecule has 172 valence electrons. The number of aliphatic hydroxyl groups is 1. The van der Waals surface area contributed by atoms with Crippen LogP contribution in [0.2, 0.25) is 0 Å². The van der Waals surface area contributed by atoms with E-state index in [-0.39, 0.29) is 27.9 Å². The number of nitrogens with zero attached hydrogens (tertiary/aromatic N) is 2. The van der Waals surface area contributed by atoms with Crippen LogP contribution < -0.4 is 4.90 Å². The summed E-state index contributed by atoms with van der Waals surface area (Å²) in [7, 11) is 0. The van der Waals surface area contributed by atoms with Gasteiger partial charge < -0.3 is 9.84 Å². The molecule has 1 saturated heterocycles. The monoisotopic (exact) mass is 474 g/mol. The molecule has 1 aliphatic heterocycles. The zero-order valence-corrected chi connectivity index (χ0v) is 19.5. The van der Waals surface area contributed by atoms with Gasteiger partial charge in [-0.05, 0) is 19.4 Å². The first-order valence-corrected chi connectivity index (χ1v) is 11.3. The molecule has 1 amide bonds. The molecule has 2 heterocycles. The van der Waals surface area contributed by atoms with E-state index in [1.165, 1.54) is 11.0 Å². The van der Waals surface area contributed by atoms with Gasteiger partial charge in [-0.1, -0.05) is 84.2 Å². The van der Waals surface area contributed by atoms with E-state index in [9.17, 15) is 19.5 Å². The lowest BCUT2D eigenvalue weighted by Crippen LogP contribution is -2.29. The number of amides is 1. The van der Waals surface area contributed by atoms with Crippen LogP contribution in [0.4, 0.5) is 5.13 Å². The Morgan fingerprint density at radius 3 is 2.47 bits per heavy atom. The summed E-state index contributed by atoms with van der Waals surface area (Å²) in [5.41, 5.74) is 2.38. The van der Waals surface area contributed by atoms with Crippen LogP contribution in [0.15, 0.2) is 72.8 Å². The molecule has 0 radical (unpaired) electrons. The molecule has 1 fully saturated rings. The number of benzene rings is 2. The van der Waals surface area contributed by atoms with Crippen molar-refractivity contribution in [2.24, 2.45) is 0 Å². The molecule has 1 aromatic heterocycles. The van der Waals surface area contributed by atoms with Crippen LogP contribution in [0, 0.1) is 13.8 Å². The normalized spacial score (nSPS) is 17.1. The average Bonchev–Trinajstić information content (AvgIpc) is 3.35. The van der Waals surface area contributed by atoms with Crippen molar-refractivity contribution in [3.05, 3.63) is 100 Å². The third-order valence-electron chi connectivity index (χ3n) is 5.39. The number of aromatic nitrogens is 1. The molecule has 8 heteroatoms. The summed E-state index contributed by atoms with van der Waals surface area (Å²) in [6.07, 6.45) is 1.45. The predicted octanol–water partition coefficient (Wildman–Crippen LogP) is 4.73. The Kier molecular flexibility index (Phi) is 6.43. The van der Waals surface area contributed by atoms with Gasteiger partial charge in [0.15, 0.2) is 5.13 Å². The van der Waals surface area contributed by atoms with Crippen molar-refractivity contribution in [3.8, 4) is 0 Å². The van der Waals surface area contributed by atoms with E-state index in [4.69, 9.17) is 4.74 Å². The number of anilines is 1. The number of carbonyl (C=O) groups is 3. The number of carbonyl (C=O) groups excluding carboxylic acids is 3. The molecular weight excluding hydrogens is 452 g/mol. The summed E-state index contributed by atoms with van der Waals surface area (Å²) in [6.45, 7) is 7.10. The van der Waals surface area contributed by atoms with E-state index in [1.54, 1.807) is 43.3 Å². The molecule has 1 atom stereocenters. The number of Topliss-reactive ketones (excluding diaryl/α,β-unsaturated/α-hetero) is 1. The van der Waals surface area contributed by atoms with Crippen LogP contribution in [0.5, 0.6) is 0 Å². The first kappa shape index (κ1) is 23.1. The van der Waals surface area contributed by atoms with Crippen LogP contribution in [0.25, 0.3) is 5.76 Å². The topological polar surface area (TPSA) is 96.8 Å². The van der Waals surface area contributed by atoms with Gasteiger partial charge in [0.1, 0.15) is 17.2 Å². The fourth-order valence-electron chi connectivity index (χ4n) is 3.72. The molecule has 1 N–H and O–H groups in total. The molecule has 2 aromatic carbocycles. The van der Waals surface area contributed by atoms with Gasteiger partial charge in [-0.15, -0.1) is 0 Å². The van der Waals surface area contributed by atoms with Gasteiger partial charge in [0.2, 0.25) is 0 Å². The number of rotatable bonds is 6. The van der Waals surface area contributed by atoms with Crippen molar-refractivity contribution in [2.75, 3.05) is 11.5 Å². The molecule has 4 rings (SSSR count). The smallest absolute Gasteiger partial charge is 0.350 e. The Hall–Kier alpha value is -4.04. The quantitative estimate of drug-likeness (QED) is 0.182. The van der Waals surface area contributed by atoms with Crippen molar-refractivity contribution in [1.82, 2.24) is 4.98 Å². The van der Waals surface area contributed by atoms with E-state index in [1.807, 2.05) is 25.1 Å². The number of aryl methyl sites for hydroxylation is 2. The van der Waals surface area contributed by atoms with Gasteiger partial charge in [-0.3, -0.25) is 14.5 Å². The maximum atomic E-state index is 13.2. The van der Waals surface area contributed by atoms with Gasteiger partial charge >= 0.3 is 11.9 Å². The fraction of sp³-hybridized carbons (Fsp3) is 0.154. The van der Waals surface area contributed by atoms with E-state index >= 15 is 0 Å². The van der Waals surface area contributed by atoms with Crippen molar-refractivity contribution in [3.63, 3.8) is 0 Å². The Morgan fingerprint density at radius 1 is 1.15 bits per heavy atom. The number of hydrogen-bond donors (Lipinski definition) is 1. The van der Waals surface area contributed by atoms with Crippen molar-refractivity contribution in [2.45, 2.75) is 19.9 Å². The Morgan fingerprint density at radius 2 is 1.82 bits per heavy atom. The van der Waals surface area contributed by atoms with E-state index in [0.717, 1.165) is 16.9 Å². The van der Waals surface area contributed by atoms with Gasteiger partial charge in [0.25, 0.3) is 5.78 Å². The second kappa shape index (κ2) is 9.44. The molecule has 3 aromatic rings. The molecule has 7 nitrogen and oxygen atoms in total. The first-order chi connectivity index (χ1) is 16.3. The van der Waals surface area contributed by atoms with Gasteiger partial charge in [0, 0.05) is 5.56 Å². The average molecular weight is 475 g/mol. The van der Waals surface area contributed by atoms with Crippen molar-refractivity contribution >= 4 is 39.9 Å². The van der Waals surface area contributed by atoms with E-state index < -0.39 is 23.7 Å². The molecule has 0 spiro atoms. The summed E-state index contributed by atoms with van der Waals surface area (Å²) in [6, 6.07) is 15.0. The van der Waals surface area contributed by atoms with Crippen LogP contribution in [0.3, 0.4) is 0 Å². The maximum absolute atomic E-state index is 13.2. The van der Waals surface area contributed by atoms with Crippen LogP contribution in [-0.2, 0) is 14.3 Å². The van der Waals surface area contributed by atoms with Crippen LogP contribution in [0.1, 0.15) is 38.1 Å². The second-order valence-electron chi connectivity index (χ2n) is 7.74. The van der Waals surface area contributed by atoms with Crippen LogP contribution >= 0.6 is 11.3 Å². The van der Waals surface area contributed by atoms with Gasteiger partial charge in [-0.25, -0.2) is 9.78 Å². The minimum Gasteiger partial charge on any atom is -0.507 e. The second-order valence-corrected chi connectivity index (χ2v) is 8.72. The summed E-state index contributed by atoms with van der Waals surface area (Å²) in [5.74, 6) is -2.51. The maximum Gasteiger partial charge on any atom is 0.350 e. The number of aliphatic hydroxyl groups excluding tert-OH is 1. The van der Waals surface area contributed by atoms with E-state index in [2.05, 4.69) is 11.6 Å². The number of ether oxygens (including phenoxy) is 1. The Labute approximate surface area is 200 Å². The Bertz CT molecular complexity index is 1310. The molecular formula is C26H22N2O5S. The molecule has 0 aliphatic carbocycles. The van der Waals surface area contributed by atoms with Crippen molar-refractivity contribution in [1.29, 1.82) is 0 Å². The SMILES string of the molecule is C=CCOC(=O)c1sc(N2C(=O)C(=O)C(=C(O)c3ccc(C)cc3)C2c2ccccc2)nc1C. The molecule has 1 aliphatic rings. The highest BCUT2D eigenvalue weighted by molar-refractivity contribution is 7.17. The van der Waals surface area contributed by atoms with Crippen LogP contribution in [-0.4, -0.2) is 34.4 Å². The van der Waals surface area contributed by atoms with Gasteiger partial charge in [-0.2, -0.15) is 0 Å². The predicted molar refractivity (Wildman–Crippen MR) is 130 cm³/mol. The molecule has 1 unspecified atom stereocenters. The molecule has 34 heavy (non-hydrogen) atoms. The minimum atomic E-state index is -0.912. The lowest BCUT2D eigenvalue weighted by atomic mass is 9.95. The summed E-state index contributed by atoms with van der Waals surface area (Å²) < 4.78 is 5.11. The standard InChI is InChI=1S/C26H22N2O5S/c1-4-14-33-25(32)23-16(3)27-26(34-23)28-20(17-8-6-5-7-9-17)19(22(30)24(28)31)21(29)18-12-10-15(2)11-13-18/h4-13,20,29H,1,14H2,2-3H3. The largest absolute Gasteiger partial charge is 0.507 e. The lowest BCUT2D eigenvalue weighted by molar-refractivity contribution is -0.132. The van der Waals surface area contributed by atoms with Crippen molar-refractivity contribution < 1.29 is 24.2 Å². The lowest BCUT2D eigenvalue weighted by Gasteiger charge is -2.23. The highest BCUT2D eigenvalue weighted by Gasteiger charge is 2.48. The minimum absolute atomic E-state index is 0.0382. The third-order valence-corrected chi connectivity index (χ3v) is 6.53. The number of esters is 1. The summed E-state index contributed by atoms with van der Waals surface area (Å²) >= 11 is 0.960. The number of hydrogen-bond acceptors (Lipinski definition) is 7. The summed E-state index contributed by atoms with van der Waals surface area (Å²) in [4.78, 5) is 44.7. The fourth-order valence-corrected chi connectivity index (χ4v) is 4.71. The Balaban J connectivity index is 1.86.